The van der Waals surface area contributed by atoms with E-state index in [0.29, 0.717) is 69.8 Å². The Labute approximate surface area is 405 Å². The van der Waals surface area contributed by atoms with Crippen molar-refractivity contribution in [3.05, 3.63) is 71.9 Å². The average molecular weight is 962 g/mol. The zero-order valence-electron chi connectivity index (χ0n) is 39.6. The summed E-state index contributed by atoms with van der Waals surface area (Å²) in [7, 11) is 2.64. The third-order valence-electron chi connectivity index (χ3n) is 16.5. The maximum Gasteiger partial charge on any atom is 0.407 e. The normalized spacial score (nSPS) is 26.6. The Kier molecular flexibility index (Phi) is 12.1. The fourth-order valence-corrected chi connectivity index (χ4v) is 12.2. The second-order valence-electron chi connectivity index (χ2n) is 20.4. The number of aromatic amines is 2. The topological polar surface area (TPSA) is 193 Å². The number of rotatable bonds is 13. The van der Waals surface area contributed by atoms with Gasteiger partial charge in [-0.3, -0.25) is 9.59 Å². The van der Waals surface area contributed by atoms with Crippen LogP contribution in [0.25, 0.3) is 44.2 Å². The number of carbonyl (C=O) groups excluding carboxylic acids is 4. The molecule has 3 saturated heterocycles. The third kappa shape index (κ3) is 8.39. The number of hydrogen-bond acceptors (Lipinski definition) is 10. The van der Waals surface area contributed by atoms with Gasteiger partial charge < -0.3 is 49.3 Å². The number of alkyl halides is 1. The van der Waals surface area contributed by atoms with Gasteiger partial charge in [-0.05, 0) is 116 Å². The molecule has 9 atom stereocenters. The molecule has 364 valence electrons. The summed E-state index contributed by atoms with van der Waals surface area (Å²) < 4.78 is 21.2. The quantitative estimate of drug-likeness (QED) is 0.0837. The van der Waals surface area contributed by atoms with E-state index in [9.17, 15) is 19.2 Å². The van der Waals surface area contributed by atoms with Gasteiger partial charge in [-0.1, -0.05) is 49.4 Å². The highest BCUT2D eigenvalue weighted by Gasteiger charge is 2.78. The van der Waals surface area contributed by atoms with E-state index in [0.717, 1.165) is 81.4 Å². The number of alkyl carbamates (subject to hydrolysis) is 2. The van der Waals surface area contributed by atoms with Crippen LogP contribution in [0.3, 0.4) is 0 Å². The average Bonchev–Trinajstić information content (AvgIpc) is 4.31. The molecule has 0 bridgehead atoms. The summed E-state index contributed by atoms with van der Waals surface area (Å²) in [5, 5.41) is 7.83. The van der Waals surface area contributed by atoms with E-state index in [-0.39, 0.29) is 53.1 Å². The summed E-state index contributed by atoms with van der Waals surface area (Å²) >= 11 is 6.59. The summed E-state index contributed by atoms with van der Waals surface area (Å²) in [6.45, 7) is 6.42. The highest BCUT2D eigenvalue weighted by Crippen LogP contribution is 2.77. The van der Waals surface area contributed by atoms with Gasteiger partial charge in [0.25, 0.3) is 0 Å². The predicted octanol–water partition coefficient (Wildman–Crippen LogP) is 8.16. The largest absolute Gasteiger partial charge is 0.453 e. The highest BCUT2D eigenvalue weighted by molar-refractivity contribution is 6.17. The smallest absolute Gasteiger partial charge is 0.407 e. The standard InChI is InChI=1S/C52H61ClN8O8/c1-27(60(45-36-25-52(36,45)2)48(62)42(58-50(64)66-3)30-15-19-68-20-16-30)46-55-38(26-53)41(56-46)29-7-5-28(6-8-29)32-9-12-35-33(23-32)10-13-37-44(35)57-47(54-37)39-14-11-34-24-40(34)61(39)49(63)43(59-51(65)67-4)31-17-21-69-22-18-31/h5-10,12-13,23,27,30-31,34,36,39-40,42-43,45H,11,14-22,24-26H2,1-4H3,(H,54,57)(H,55,56)(H,58,64)(H,59,65)/t27-,34-,36+,39-,40+,42?,43-,45-,52+/m0/s1. The summed E-state index contributed by atoms with van der Waals surface area (Å²) in [5.74, 6) is 2.20. The van der Waals surface area contributed by atoms with E-state index >= 15 is 0 Å². The number of amides is 4. The predicted molar refractivity (Wildman–Crippen MR) is 258 cm³/mol. The van der Waals surface area contributed by atoms with Crippen LogP contribution in [0, 0.1) is 29.1 Å². The van der Waals surface area contributed by atoms with Crippen LogP contribution in [-0.4, -0.2) is 119 Å². The molecule has 5 aromatic rings. The number of ether oxygens (including phenoxy) is 4. The Morgan fingerprint density at radius 1 is 0.841 bits per heavy atom. The summed E-state index contributed by atoms with van der Waals surface area (Å²) in [5.41, 5.74) is 6.31. The van der Waals surface area contributed by atoms with Crippen LogP contribution in [0.15, 0.2) is 54.6 Å². The number of benzene rings is 3. The molecule has 3 saturated carbocycles. The number of carbonyl (C=O) groups is 4. The van der Waals surface area contributed by atoms with Crippen molar-refractivity contribution in [1.82, 2.24) is 40.4 Å². The second-order valence-corrected chi connectivity index (χ2v) is 20.7. The molecule has 0 radical (unpaired) electrons. The summed E-state index contributed by atoms with van der Waals surface area (Å²) in [6, 6.07) is 17.0. The van der Waals surface area contributed by atoms with Crippen molar-refractivity contribution in [3.63, 3.8) is 0 Å². The van der Waals surface area contributed by atoms with E-state index in [4.69, 9.17) is 40.5 Å². The van der Waals surface area contributed by atoms with Crippen molar-refractivity contribution in [1.29, 1.82) is 0 Å². The van der Waals surface area contributed by atoms with Gasteiger partial charge in [0.1, 0.15) is 23.7 Å². The van der Waals surface area contributed by atoms with Crippen LogP contribution in [0.1, 0.15) is 94.6 Å². The van der Waals surface area contributed by atoms with Gasteiger partial charge in [0, 0.05) is 49.5 Å². The first-order valence-corrected chi connectivity index (χ1v) is 25.2. The van der Waals surface area contributed by atoms with Crippen molar-refractivity contribution >= 4 is 57.4 Å². The highest BCUT2D eigenvalue weighted by atomic mass is 35.5. The lowest BCUT2D eigenvalue weighted by Gasteiger charge is -2.39. The van der Waals surface area contributed by atoms with Crippen LogP contribution < -0.4 is 10.6 Å². The minimum atomic E-state index is -0.741. The maximum absolute atomic E-state index is 14.7. The molecular formula is C52H61ClN8O8. The molecule has 4 N–H and O–H groups in total. The fraction of sp³-hybridized carbons (Fsp3) is 0.538. The summed E-state index contributed by atoms with van der Waals surface area (Å²) in [4.78, 5) is 75.7. The Hall–Kier alpha value is -5.71. The third-order valence-corrected chi connectivity index (χ3v) is 16.7. The van der Waals surface area contributed by atoms with Crippen molar-refractivity contribution in [2.45, 2.75) is 107 Å². The van der Waals surface area contributed by atoms with Crippen LogP contribution in [-0.2, 0) is 34.4 Å². The molecule has 6 fully saturated rings. The molecule has 3 aliphatic heterocycles. The summed E-state index contributed by atoms with van der Waals surface area (Å²) in [6.07, 6.45) is 5.35. The van der Waals surface area contributed by atoms with Gasteiger partial charge in [0.05, 0.1) is 54.6 Å². The van der Waals surface area contributed by atoms with Crippen LogP contribution in [0.2, 0.25) is 0 Å². The number of methoxy groups -OCH3 is 2. The number of fused-ring (bicyclic) bond motifs is 5. The number of nitrogens with zero attached hydrogens (tertiary/aromatic N) is 4. The van der Waals surface area contributed by atoms with Gasteiger partial charge in [0.15, 0.2) is 0 Å². The van der Waals surface area contributed by atoms with E-state index in [1.165, 1.54) is 14.2 Å². The molecule has 6 aliphatic rings. The van der Waals surface area contributed by atoms with Crippen molar-refractivity contribution in [2.24, 2.45) is 29.1 Å². The number of piperidine rings is 1. The zero-order valence-corrected chi connectivity index (χ0v) is 40.4. The number of nitrogens with one attached hydrogen (secondary N) is 4. The van der Waals surface area contributed by atoms with Gasteiger partial charge in [-0.15, -0.1) is 11.6 Å². The molecule has 5 heterocycles. The monoisotopic (exact) mass is 960 g/mol. The lowest BCUT2D eigenvalue weighted by atomic mass is 9.89. The lowest BCUT2D eigenvalue weighted by molar-refractivity contribution is -0.141. The van der Waals surface area contributed by atoms with E-state index in [1.807, 2.05) is 16.7 Å². The molecule has 4 amide bonds. The Morgan fingerprint density at radius 3 is 2.12 bits per heavy atom. The maximum atomic E-state index is 14.7. The first-order valence-electron chi connectivity index (χ1n) is 24.7. The SMILES string of the molecule is COC(=O)NC(C(=O)N([C@H]1[C@H]2C[C@]21C)[C@@H](C)c1nc(-c2ccc(-c3ccc4c(ccc5[nH]c([C@@H]6CC[C@H]7C[C@H]7N6C(=O)[C@@H](NC(=O)OC)C6CCOCC6)nc54)c3)cc2)c(CCl)[nH]1)C1CCOCC1. The van der Waals surface area contributed by atoms with E-state index < -0.39 is 30.3 Å². The van der Waals surface area contributed by atoms with Crippen molar-refractivity contribution in [3.8, 4) is 22.4 Å². The second kappa shape index (κ2) is 18.2. The number of aromatic nitrogens is 4. The van der Waals surface area contributed by atoms with E-state index in [1.54, 1.807) is 0 Å². The van der Waals surface area contributed by atoms with Crippen LogP contribution in [0.5, 0.6) is 0 Å². The molecule has 11 rings (SSSR count). The van der Waals surface area contributed by atoms with Gasteiger partial charge in [-0.25, -0.2) is 19.6 Å². The number of halogens is 1. The minimum Gasteiger partial charge on any atom is -0.453 e. The first-order chi connectivity index (χ1) is 33.5. The van der Waals surface area contributed by atoms with E-state index in [2.05, 4.69) is 82.1 Å². The zero-order chi connectivity index (χ0) is 47.7. The fourth-order valence-electron chi connectivity index (χ4n) is 12.0. The molecule has 69 heavy (non-hydrogen) atoms. The Balaban J connectivity index is 0.835. The van der Waals surface area contributed by atoms with Crippen molar-refractivity contribution in [2.75, 3.05) is 40.6 Å². The Bertz CT molecular complexity index is 2790. The number of likely N-dealkylation sites (tertiary alicyclic amines) is 1. The number of H-pyrrole nitrogens is 2. The molecule has 3 aliphatic carbocycles. The molecule has 3 aromatic carbocycles. The molecule has 17 heteroatoms. The molecule has 2 aromatic heterocycles. The van der Waals surface area contributed by atoms with Crippen LogP contribution >= 0.6 is 11.6 Å². The number of hydrogen-bond donors (Lipinski definition) is 4. The molecule has 0 spiro atoms. The molecule has 16 nitrogen and oxygen atoms in total. The lowest BCUT2D eigenvalue weighted by Crippen LogP contribution is -2.55. The Morgan fingerprint density at radius 2 is 1.48 bits per heavy atom. The van der Waals surface area contributed by atoms with Gasteiger partial charge >= 0.3 is 12.2 Å². The first kappa shape index (κ1) is 45.7. The molecular weight excluding hydrogens is 900 g/mol. The molecule has 1 unspecified atom stereocenters. The minimum absolute atomic E-state index is 0.0398. The van der Waals surface area contributed by atoms with Gasteiger partial charge in [-0.2, -0.15) is 0 Å². The van der Waals surface area contributed by atoms with Gasteiger partial charge in [0.2, 0.25) is 11.8 Å². The van der Waals surface area contributed by atoms with Crippen molar-refractivity contribution < 1.29 is 38.1 Å². The van der Waals surface area contributed by atoms with Crippen LogP contribution in [0.4, 0.5) is 9.59 Å². The number of imidazole rings is 2.